The fraction of sp³-hybridized carbons (Fsp3) is 0.500. The van der Waals surface area contributed by atoms with Crippen molar-refractivity contribution in [3.8, 4) is 17.6 Å². The van der Waals surface area contributed by atoms with Crippen LogP contribution >= 0.6 is 11.6 Å². The first-order valence-electron chi connectivity index (χ1n) is 6.53. The van der Waals surface area contributed by atoms with E-state index in [0.717, 1.165) is 36.1 Å². The number of alkyl halides is 1. The monoisotopic (exact) mass is 264 g/mol. The average molecular weight is 265 g/mol. The van der Waals surface area contributed by atoms with E-state index in [1.807, 2.05) is 12.1 Å². The van der Waals surface area contributed by atoms with Gasteiger partial charge >= 0.3 is 0 Å². The van der Waals surface area contributed by atoms with Crippen LogP contribution in [0.15, 0.2) is 18.2 Å². The molecule has 0 atom stereocenters. The molecule has 1 rings (SSSR count). The van der Waals surface area contributed by atoms with E-state index < -0.39 is 0 Å². The van der Waals surface area contributed by atoms with Crippen molar-refractivity contribution in [1.82, 2.24) is 0 Å². The van der Waals surface area contributed by atoms with Crippen LogP contribution < -0.4 is 4.74 Å². The highest BCUT2D eigenvalue weighted by Gasteiger charge is 2.07. The predicted molar refractivity (Wildman–Crippen MR) is 78.4 cm³/mol. The molecular formula is C16H21ClO. The summed E-state index contributed by atoms with van der Waals surface area (Å²) in [5.74, 6) is 7.69. The maximum atomic E-state index is 5.95. The molecule has 0 saturated heterocycles. The second-order valence-electron chi connectivity index (χ2n) is 4.28. The van der Waals surface area contributed by atoms with Gasteiger partial charge in [0.25, 0.3) is 0 Å². The van der Waals surface area contributed by atoms with E-state index in [1.54, 1.807) is 0 Å². The Labute approximate surface area is 115 Å². The minimum absolute atomic E-state index is 0.303. The summed E-state index contributed by atoms with van der Waals surface area (Å²) in [6.07, 6.45) is 3.10. The fourth-order valence-electron chi connectivity index (χ4n) is 1.71. The van der Waals surface area contributed by atoms with Crippen LogP contribution in [0, 0.1) is 18.8 Å². The van der Waals surface area contributed by atoms with E-state index >= 15 is 0 Å². The molecule has 0 aliphatic rings. The average Bonchev–Trinajstić information content (AvgIpc) is 2.38. The van der Waals surface area contributed by atoms with Crippen LogP contribution in [0.5, 0.6) is 5.75 Å². The lowest BCUT2D eigenvalue weighted by molar-refractivity contribution is 0.191. The number of halogens is 1. The van der Waals surface area contributed by atoms with Crippen LogP contribution in [-0.4, -0.2) is 12.0 Å². The van der Waals surface area contributed by atoms with Gasteiger partial charge in [-0.25, -0.2) is 0 Å². The van der Waals surface area contributed by atoms with Gasteiger partial charge in [0.2, 0.25) is 0 Å². The SMILES string of the molecule is CCC(CC)Oc1ccc(C#CCCCl)cc1C. The van der Waals surface area contributed by atoms with Gasteiger partial charge in [-0.3, -0.25) is 0 Å². The largest absolute Gasteiger partial charge is 0.490 e. The highest BCUT2D eigenvalue weighted by molar-refractivity contribution is 6.18. The van der Waals surface area contributed by atoms with Crippen molar-refractivity contribution in [3.05, 3.63) is 29.3 Å². The standard InChI is InChI=1S/C16H21ClO/c1-4-15(5-2)18-16-10-9-14(12-13(16)3)8-6-7-11-17/h9-10,12,15H,4-5,7,11H2,1-3H3. The van der Waals surface area contributed by atoms with Gasteiger partial charge in [0.05, 0.1) is 6.10 Å². The van der Waals surface area contributed by atoms with Crippen molar-refractivity contribution in [3.63, 3.8) is 0 Å². The molecule has 1 nitrogen and oxygen atoms in total. The molecule has 0 unspecified atom stereocenters. The second kappa shape index (κ2) is 8.06. The van der Waals surface area contributed by atoms with Gasteiger partial charge in [-0.1, -0.05) is 25.7 Å². The summed E-state index contributed by atoms with van der Waals surface area (Å²) < 4.78 is 5.95. The zero-order valence-electron chi connectivity index (χ0n) is 11.4. The van der Waals surface area contributed by atoms with Crippen molar-refractivity contribution in [2.75, 3.05) is 5.88 Å². The predicted octanol–water partition coefficient (Wildman–Crippen LogP) is 4.54. The molecule has 0 spiro atoms. The van der Waals surface area contributed by atoms with E-state index in [0.29, 0.717) is 12.0 Å². The number of hydrogen-bond acceptors (Lipinski definition) is 1. The van der Waals surface area contributed by atoms with E-state index in [-0.39, 0.29) is 0 Å². The van der Waals surface area contributed by atoms with Gasteiger partial charge in [-0.15, -0.1) is 11.6 Å². The maximum Gasteiger partial charge on any atom is 0.122 e. The smallest absolute Gasteiger partial charge is 0.122 e. The molecular weight excluding hydrogens is 244 g/mol. The molecule has 1 aromatic rings. The highest BCUT2D eigenvalue weighted by Crippen LogP contribution is 2.21. The molecule has 0 fully saturated rings. The fourth-order valence-corrected chi connectivity index (χ4v) is 1.80. The number of aryl methyl sites for hydroxylation is 1. The third-order valence-corrected chi connectivity index (χ3v) is 3.02. The van der Waals surface area contributed by atoms with Crippen LogP contribution in [0.4, 0.5) is 0 Å². The highest BCUT2D eigenvalue weighted by atomic mass is 35.5. The van der Waals surface area contributed by atoms with Gasteiger partial charge in [0, 0.05) is 17.9 Å². The third-order valence-electron chi connectivity index (χ3n) is 2.83. The lowest BCUT2D eigenvalue weighted by atomic mass is 10.1. The summed E-state index contributed by atoms with van der Waals surface area (Å²) in [6, 6.07) is 6.09. The molecule has 0 N–H and O–H groups in total. The van der Waals surface area contributed by atoms with Crippen LogP contribution in [-0.2, 0) is 0 Å². The first-order chi connectivity index (χ1) is 8.71. The van der Waals surface area contributed by atoms with Gasteiger partial charge in [-0.05, 0) is 43.5 Å². The quantitative estimate of drug-likeness (QED) is 0.560. The summed E-state index contributed by atoms with van der Waals surface area (Å²) in [6.45, 7) is 6.36. The topological polar surface area (TPSA) is 9.23 Å². The van der Waals surface area contributed by atoms with Crippen molar-refractivity contribution in [1.29, 1.82) is 0 Å². The van der Waals surface area contributed by atoms with E-state index in [9.17, 15) is 0 Å². The van der Waals surface area contributed by atoms with Gasteiger partial charge in [0.15, 0.2) is 0 Å². The van der Waals surface area contributed by atoms with E-state index in [4.69, 9.17) is 16.3 Å². The molecule has 0 aromatic heterocycles. The number of rotatable bonds is 5. The van der Waals surface area contributed by atoms with Crippen LogP contribution in [0.1, 0.15) is 44.2 Å². The number of ether oxygens (including phenoxy) is 1. The Morgan fingerprint density at radius 1 is 1.28 bits per heavy atom. The minimum atomic E-state index is 0.303. The molecule has 1 aromatic carbocycles. The molecule has 0 aliphatic carbocycles. The zero-order chi connectivity index (χ0) is 13.4. The molecule has 0 radical (unpaired) electrons. The summed E-state index contributed by atoms with van der Waals surface area (Å²) >= 11 is 5.59. The molecule has 0 aliphatic heterocycles. The van der Waals surface area contributed by atoms with Crippen molar-refractivity contribution in [2.45, 2.75) is 46.1 Å². The summed E-state index contributed by atoms with van der Waals surface area (Å²) in [5, 5.41) is 0. The Morgan fingerprint density at radius 2 is 2.00 bits per heavy atom. The van der Waals surface area contributed by atoms with Crippen molar-refractivity contribution < 1.29 is 4.74 Å². The maximum absolute atomic E-state index is 5.95. The van der Waals surface area contributed by atoms with Crippen LogP contribution in [0.25, 0.3) is 0 Å². The summed E-state index contributed by atoms with van der Waals surface area (Å²) in [4.78, 5) is 0. The normalized spacial score (nSPS) is 10.1. The van der Waals surface area contributed by atoms with E-state index in [1.165, 1.54) is 0 Å². The Kier molecular flexibility index (Phi) is 6.68. The Balaban J connectivity index is 2.77. The number of hydrogen-bond donors (Lipinski definition) is 0. The summed E-state index contributed by atoms with van der Waals surface area (Å²) in [5.41, 5.74) is 2.16. The minimum Gasteiger partial charge on any atom is -0.490 e. The first-order valence-corrected chi connectivity index (χ1v) is 7.06. The van der Waals surface area contributed by atoms with Gasteiger partial charge in [0.1, 0.15) is 5.75 Å². The Morgan fingerprint density at radius 3 is 2.56 bits per heavy atom. The van der Waals surface area contributed by atoms with Crippen LogP contribution in [0.2, 0.25) is 0 Å². The number of benzene rings is 1. The van der Waals surface area contributed by atoms with Gasteiger partial charge < -0.3 is 4.74 Å². The first kappa shape index (κ1) is 14.9. The lowest BCUT2D eigenvalue weighted by Crippen LogP contribution is -2.14. The Hall–Kier alpha value is -1.13. The van der Waals surface area contributed by atoms with E-state index in [2.05, 4.69) is 38.7 Å². The van der Waals surface area contributed by atoms with Gasteiger partial charge in [-0.2, -0.15) is 0 Å². The second-order valence-corrected chi connectivity index (χ2v) is 4.66. The molecule has 2 heteroatoms. The molecule has 0 heterocycles. The zero-order valence-corrected chi connectivity index (χ0v) is 12.2. The molecule has 0 bridgehead atoms. The molecule has 0 amide bonds. The van der Waals surface area contributed by atoms with Crippen molar-refractivity contribution in [2.24, 2.45) is 0 Å². The summed E-state index contributed by atoms with van der Waals surface area (Å²) in [7, 11) is 0. The Bertz CT molecular complexity index is 424. The lowest BCUT2D eigenvalue weighted by Gasteiger charge is -2.17. The molecule has 98 valence electrons. The van der Waals surface area contributed by atoms with Crippen molar-refractivity contribution >= 4 is 11.6 Å². The molecule has 18 heavy (non-hydrogen) atoms. The van der Waals surface area contributed by atoms with Crippen LogP contribution in [0.3, 0.4) is 0 Å². The molecule has 0 saturated carbocycles. The third kappa shape index (κ3) is 4.63.